The maximum Gasteiger partial charge on any atom is 0.253 e. The molecule has 5 heteroatoms. The van der Waals surface area contributed by atoms with Crippen LogP contribution in [0.25, 0.3) is 0 Å². The SMILES string of the molecule is CN1CCCCC1CNC(=O)c1cc(Cl)ccc1N. The number of likely N-dealkylation sites (N-methyl/N-ethyl adjacent to an activating group) is 1. The number of carbonyl (C=O) groups is 1. The summed E-state index contributed by atoms with van der Waals surface area (Å²) in [5.41, 5.74) is 6.70. The molecule has 19 heavy (non-hydrogen) atoms. The predicted molar refractivity (Wildman–Crippen MR) is 78.5 cm³/mol. The molecule has 1 atom stereocenters. The maximum atomic E-state index is 12.1. The molecule has 1 heterocycles. The van der Waals surface area contributed by atoms with Crippen LogP contribution in [0.15, 0.2) is 18.2 Å². The molecule has 1 unspecified atom stereocenters. The van der Waals surface area contributed by atoms with Crippen LogP contribution in [-0.2, 0) is 0 Å². The van der Waals surface area contributed by atoms with Gasteiger partial charge in [-0.15, -0.1) is 0 Å². The van der Waals surface area contributed by atoms with Crippen LogP contribution in [0.5, 0.6) is 0 Å². The minimum absolute atomic E-state index is 0.154. The summed E-state index contributed by atoms with van der Waals surface area (Å²) < 4.78 is 0. The Morgan fingerprint density at radius 2 is 2.32 bits per heavy atom. The molecule has 3 N–H and O–H groups in total. The summed E-state index contributed by atoms with van der Waals surface area (Å²) in [6.07, 6.45) is 3.59. The van der Waals surface area contributed by atoms with Gasteiger partial charge in [0.2, 0.25) is 0 Å². The number of carbonyl (C=O) groups excluding carboxylic acids is 1. The van der Waals surface area contributed by atoms with E-state index in [-0.39, 0.29) is 5.91 Å². The van der Waals surface area contributed by atoms with Crippen LogP contribution in [0.4, 0.5) is 5.69 Å². The standard InChI is InChI=1S/C14H20ClN3O/c1-18-7-3-2-4-11(18)9-17-14(19)12-8-10(15)5-6-13(12)16/h5-6,8,11H,2-4,7,9,16H2,1H3,(H,17,19). The van der Waals surface area contributed by atoms with Gasteiger partial charge in [0, 0.05) is 23.3 Å². The number of hydrogen-bond donors (Lipinski definition) is 2. The van der Waals surface area contributed by atoms with Gasteiger partial charge >= 0.3 is 0 Å². The topological polar surface area (TPSA) is 58.4 Å². The largest absolute Gasteiger partial charge is 0.398 e. The van der Waals surface area contributed by atoms with E-state index in [0.717, 1.165) is 13.0 Å². The molecule has 1 saturated heterocycles. The van der Waals surface area contributed by atoms with Crippen molar-refractivity contribution in [3.8, 4) is 0 Å². The molecule has 0 aromatic heterocycles. The van der Waals surface area contributed by atoms with Gasteiger partial charge in [-0.25, -0.2) is 0 Å². The number of nitrogens with zero attached hydrogens (tertiary/aromatic N) is 1. The second kappa shape index (κ2) is 6.26. The normalized spacial score (nSPS) is 20.2. The number of nitrogen functional groups attached to an aromatic ring is 1. The first kappa shape index (κ1) is 14.2. The first-order chi connectivity index (χ1) is 9.08. The Labute approximate surface area is 118 Å². The molecule has 1 amide bonds. The number of nitrogens with one attached hydrogen (secondary N) is 1. The zero-order valence-corrected chi connectivity index (χ0v) is 11.9. The lowest BCUT2D eigenvalue weighted by molar-refractivity contribution is 0.0929. The van der Waals surface area contributed by atoms with Gasteiger partial charge in [-0.3, -0.25) is 4.79 Å². The number of anilines is 1. The Morgan fingerprint density at radius 1 is 1.53 bits per heavy atom. The zero-order chi connectivity index (χ0) is 13.8. The van der Waals surface area contributed by atoms with Gasteiger partial charge in [-0.1, -0.05) is 18.0 Å². The Morgan fingerprint density at radius 3 is 3.05 bits per heavy atom. The fourth-order valence-corrected chi connectivity index (χ4v) is 2.61. The van der Waals surface area contributed by atoms with Crippen molar-refractivity contribution in [3.63, 3.8) is 0 Å². The van der Waals surface area contributed by atoms with Gasteiger partial charge in [0.15, 0.2) is 0 Å². The van der Waals surface area contributed by atoms with Crippen molar-refractivity contribution in [2.45, 2.75) is 25.3 Å². The molecule has 104 valence electrons. The van der Waals surface area contributed by atoms with E-state index in [0.29, 0.717) is 28.9 Å². The third-order valence-electron chi connectivity index (χ3n) is 3.68. The molecular weight excluding hydrogens is 262 g/mol. The predicted octanol–water partition coefficient (Wildman–Crippen LogP) is 2.14. The first-order valence-corrected chi connectivity index (χ1v) is 6.99. The highest BCUT2D eigenvalue weighted by Gasteiger charge is 2.20. The monoisotopic (exact) mass is 281 g/mol. The third-order valence-corrected chi connectivity index (χ3v) is 3.91. The first-order valence-electron chi connectivity index (χ1n) is 6.61. The van der Waals surface area contributed by atoms with Crippen LogP contribution in [-0.4, -0.2) is 37.0 Å². The van der Waals surface area contributed by atoms with Crippen molar-refractivity contribution in [1.29, 1.82) is 0 Å². The number of halogens is 1. The van der Waals surface area contributed by atoms with Crippen LogP contribution < -0.4 is 11.1 Å². The van der Waals surface area contributed by atoms with Gasteiger partial charge in [-0.2, -0.15) is 0 Å². The van der Waals surface area contributed by atoms with Crippen LogP contribution in [0.1, 0.15) is 29.6 Å². The van der Waals surface area contributed by atoms with Crippen molar-refractivity contribution in [2.75, 3.05) is 25.9 Å². The van der Waals surface area contributed by atoms with Crippen molar-refractivity contribution in [2.24, 2.45) is 0 Å². The summed E-state index contributed by atoms with van der Waals surface area (Å²) in [7, 11) is 2.10. The van der Waals surface area contributed by atoms with Crippen molar-refractivity contribution in [1.82, 2.24) is 10.2 Å². The van der Waals surface area contributed by atoms with Crippen LogP contribution in [0, 0.1) is 0 Å². The smallest absolute Gasteiger partial charge is 0.253 e. The molecule has 1 aliphatic heterocycles. The Balaban J connectivity index is 1.95. The van der Waals surface area contributed by atoms with Gasteiger partial charge in [0.25, 0.3) is 5.91 Å². The van der Waals surface area contributed by atoms with Crippen LogP contribution in [0.2, 0.25) is 5.02 Å². The Hall–Kier alpha value is -1.26. The summed E-state index contributed by atoms with van der Waals surface area (Å²) in [5.74, 6) is -0.154. The Kier molecular flexibility index (Phi) is 4.66. The van der Waals surface area contributed by atoms with Crippen molar-refractivity contribution in [3.05, 3.63) is 28.8 Å². The Bertz CT molecular complexity index is 464. The minimum atomic E-state index is -0.154. The van der Waals surface area contributed by atoms with Crippen LogP contribution >= 0.6 is 11.6 Å². The molecule has 4 nitrogen and oxygen atoms in total. The lowest BCUT2D eigenvalue weighted by Crippen LogP contribution is -2.44. The lowest BCUT2D eigenvalue weighted by atomic mass is 10.0. The maximum absolute atomic E-state index is 12.1. The van der Waals surface area contributed by atoms with Gasteiger partial charge in [0.1, 0.15) is 0 Å². The molecule has 0 spiro atoms. The van der Waals surface area contributed by atoms with Crippen molar-refractivity contribution >= 4 is 23.2 Å². The number of amides is 1. The molecule has 1 fully saturated rings. The summed E-state index contributed by atoms with van der Waals surface area (Å²) in [5, 5.41) is 3.47. The molecule has 0 radical (unpaired) electrons. The van der Waals surface area contributed by atoms with E-state index in [2.05, 4.69) is 17.3 Å². The summed E-state index contributed by atoms with van der Waals surface area (Å²) in [6.45, 7) is 1.75. The lowest BCUT2D eigenvalue weighted by Gasteiger charge is -2.32. The van der Waals surface area contributed by atoms with E-state index in [9.17, 15) is 4.79 Å². The minimum Gasteiger partial charge on any atom is -0.398 e. The fourth-order valence-electron chi connectivity index (χ4n) is 2.43. The van der Waals surface area contributed by atoms with Gasteiger partial charge in [0.05, 0.1) is 5.56 Å². The number of hydrogen-bond acceptors (Lipinski definition) is 3. The summed E-state index contributed by atoms with van der Waals surface area (Å²) in [6, 6.07) is 5.36. The highest BCUT2D eigenvalue weighted by molar-refractivity contribution is 6.31. The molecule has 1 aromatic rings. The van der Waals surface area contributed by atoms with Gasteiger partial charge < -0.3 is 16.0 Å². The number of nitrogens with two attached hydrogens (primary N) is 1. The van der Waals surface area contributed by atoms with Gasteiger partial charge in [-0.05, 0) is 44.6 Å². The quantitative estimate of drug-likeness (QED) is 0.835. The average molecular weight is 282 g/mol. The van der Waals surface area contributed by atoms with E-state index >= 15 is 0 Å². The molecule has 2 rings (SSSR count). The van der Waals surface area contributed by atoms with E-state index in [1.807, 2.05) is 0 Å². The number of rotatable bonds is 3. The molecule has 1 aromatic carbocycles. The number of piperidine rings is 1. The molecule has 0 bridgehead atoms. The van der Waals surface area contributed by atoms with E-state index < -0.39 is 0 Å². The average Bonchev–Trinajstić information content (AvgIpc) is 2.40. The molecule has 1 aliphatic rings. The summed E-state index contributed by atoms with van der Waals surface area (Å²) >= 11 is 5.89. The summed E-state index contributed by atoms with van der Waals surface area (Å²) in [4.78, 5) is 14.4. The third kappa shape index (κ3) is 3.61. The van der Waals surface area contributed by atoms with E-state index in [1.54, 1.807) is 18.2 Å². The fraction of sp³-hybridized carbons (Fsp3) is 0.500. The van der Waals surface area contributed by atoms with E-state index in [1.165, 1.54) is 12.8 Å². The number of benzene rings is 1. The van der Waals surface area contributed by atoms with E-state index in [4.69, 9.17) is 17.3 Å². The zero-order valence-electron chi connectivity index (χ0n) is 11.2. The van der Waals surface area contributed by atoms with Crippen molar-refractivity contribution < 1.29 is 4.79 Å². The second-order valence-electron chi connectivity index (χ2n) is 5.07. The molecule has 0 aliphatic carbocycles. The molecule has 0 saturated carbocycles. The highest BCUT2D eigenvalue weighted by Crippen LogP contribution is 2.18. The highest BCUT2D eigenvalue weighted by atomic mass is 35.5. The molecular formula is C14H20ClN3O. The second-order valence-corrected chi connectivity index (χ2v) is 5.51. The number of likely N-dealkylation sites (tertiary alicyclic amines) is 1. The van der Waals surface area contributed by atoms with Crippen LogP contribution in [0.3, 0.4) is 0 Å².